The van der Waals surface area contributed by atoms with Crippen LogP contribution in [0, 0.1) is 0 Å². The van der Waals surface area contributed by atoms with Gasteiger partial charge in [-0.05, 0) is 12.8 Å². The molecule has 0 aromatic rings. The van der Waals surface area contributed by atoms with E-state index in [2.05, 4.69) is 0 Å². The molecule has 14 heavy (non-hydrogen) atoms. The lowest BCUT2D eigenvalue weighted by Gasteiger charge is -2.22. The van der Waals surface area contributed by atoms with E-state index in [-0.39, 0.29) is 18.7 Å². The molecule has 2 unspecified atom stereocenters. The van der Waals surface area contributed by atoms with Crippen molar-refractivity contribution in [3.8, 4) is 0 Å². The average molecular weight is 197 g/mol. The summed E-state index contributed by atoms with van der Waals surface area (Å²) in [6, 6.07) is -0.429. The number of aliphatic carboxylic acids is 1. The third-order valence-electron chi connectivity index (χ3n) is 2.36. The Morgan fingerprint density at radius 2 is 2.29 bits per heavy atom. The molecular formula is C8H12BNO4. The molecule has 1 heterocycles. The highest BCUT2D eigenvalue weighted by Crippen LogP contribution is 2.21. The Morgan fingerprint density at radius 3 is 2.71 bits per heavy atom. The Labute approximate surface area is 83.1 Å². The van der Waals surface area contributed by atoms with E-state index in [9.17, 15) is 14.7 Å². The maximum absolute atomic E-state index is 11.0. The van der Waals surface area contributed by atoms with E-state index < -0.39 is 18.1 Å². The van der Waals surface area contributed by atoms with Crippen LogP contribution in [-0.2, 0) is 9.59 Å². The molecule has 2 atom stereocenters. The normalized spacial score (nSPS) is 26.9. The molecule has 1 aliphatic rings. The van der Waals surface area contributed by atoms with Crippen LogP contribution < -0.4 is 0 Å². The smallest absolute Gasteiger partial charge is 0.303 e. The average Bonchev–Trinajstić information content (AvgIpc) is 2.31. The topological polar surface area (TPSA) is 77.8 Å². The van der Waals surface area contributed by atoms with Gasteiger partial charge in [-0.25, -0.2) is 0 Å². The van der Waals surface area contributed by atoms with Crippen LogP contribution in [0.5, 0.6) is 0 Å². The minimum atomic E-state index is -0.882. The number of hydrogen-bond acceptors (Lipinski definition) is 3. The number of aliphatic hydroxyl groups excluding tert-OH is 1. The molecule has 1 rings (SSSR count). The zero-order valence-electron chi connectivity index (χ0n) is 7.72. The molecule has 0 aliphatic carbocycles. The van der Waals surface area contributed by atoms with Crippen LogP contribution in [0.1, 0.15) is 25.7 Å². The summed E-state index contributed by atoms with van der Waals surface area (Å²) < 4.78 is 0. The second kappa shape index (κ2) is 4.46. The van der Waals surface area contributed by atoms with Crippen LogP contribution in [0.3, 0.4) is 0 Å². The second-order valence-electron chi connectivity index (χ2n) is 3.43. The van der Waals surface area contributed by atoms with Crippen LogP contribution in [0.4, 0.5) is 0 Å². The van der Waals surface area contributed by atoms with Gasteiger partial charge in [0.05, 0.1) is 12.5 Å². The molecule has 5 nitrogen and oxygen atoms in total. The summed E-state index contributed by atoms with van der Waals surface area (Å²) >= 11 is 0. The maximum atomic E-state index is 11.0. The molecular weight excluding hydrogens is 185 g/mol. The molecule has 1 aliphatic heterocycles. The van der Waals surface area contributed by atoms with Crippen molar-refractivity contribution in [2.75, 3.05) is 0 Å². The molecule has 1 fully saturated rings. The van der Waals surface area contributed by atoms with Crippen molar-refractivity contribution in [2.45, 2.75) is 37.8 Å². The van der Waals surface area contributed by atoms with Crippen molar-refractivity contribution in [2.24, 2.45) is 0 Å². The van der Waals surface area contributed by atoms with Crippen molar-refractivity contribution >= 4 is 19.9 Å². The summed E-state index contributed by atoms with van der Waals surface area (Å²) in [4.78, 5) is 22.2. The fourth-order valence-electron chi connectivity index (χ4n) is 1.58. The van der Waals surface area contributed by atoms with E-state index in [4.69, 9.17) is 13.1 Å². The number of aliphatic hydroxyl groups is 1. The summed E-state index contributed by atoms with van der Waals surface area (Å²) in [7, 11) is 5.41. The van der Waals surface area contributed by atoms with Gasteiger partial charge in [0.15, 0.2) is 0 Å². The van der Waals surface area contributed by atoms with Gasteiger partial charge in [-0.2, -0.15) is 0 Å². The van der Waals surface area contributed by atoms with E-state index in [1.54, 1.807) is 0 Å². The van der Waals surface area contributed by atoms with Gasteiger partial charge in [0.2, 0.25) is 13.9 Å². The van der Waals surface area contributed by atoms with Gasteiger partial charge in [-0.1, -0.05) is 0 Å². The van der Waals surface area contributed by atoms with E-state index in [0.717, 1.165) is 4.81 Å². The first-order valence-corrected chi connectivity index (χ1v) is 4.49. The predicted molar refractivity (Wildman–Crippen MR) is 48.5 cm³/mol. The van der Waals surface area contributed by atoms with E-state index >= 15 is 0 Å². The molecule has 1 amide bonds. The number of nitrogens with zero attached hydrogens (tertiary/aromatic N) is 1. The van der Waals surface area contributed by atoms with Gasteiger partial charge in [0.1, 0.15) is 0 Å². The SMILES string of the molecule is [B]N1C(=O)CC(O)C1CCCC(=O)O. The minimum Gasteiger partial charge on any atom is -0.481 e. The Hall–Kier alpha value is -1.04. The molecule has 0 bridgehead atoms. The van der Waals surface area contributed by atoms with Crippen LogP contribution in [0.15, 0.2) is 0 Å². The molecule has 0 aromatic carbocycles. The maximum Gasteiger partial charge on any atom is 0.303 e. The number of carboxylic acid groups (broad SMARTS) is 1. The van der Waals surface area contributed by atoms with Gasteiger partial charge in [0, 0.05) is 12.5 Å². The van der Waals surface area contributed by atoms with Crippen LogP contribution in [-0.4, -0.2) is 47.0 Å². The third kappa shape index (κ3) is 2.48. The van der Waals surface area contributed by atoms with Gasteiger partial charge in [-0.15, -0.1) is 0 Å². The Bertz CT molecular complexity index is 245. The predicted octanol–water partition coefficient (Wildman–Crippen LogP) is -0.713. The number of carboxylic acids is 1. The lowest BCUT2D eigenvalue weighted by atomic mass is 10.0. The van der Waals surface area contributed by atoms with Crippen molar-refractivity contribution in [1.82, 2.24) is 4.81 Å². The lowest BCUT2D eigenvalue weighted by Crippen LogP contribution is -2.34. The fourth-order valence-corrected chi connectivity index (χ4v) is 1.58. The van der Waals surface area contributed by atoms with Crippen LogP contribution >= 0.6 is 0 Å². The van der Waals surface area contributed by atoms with Gasteiger partial charge in [-0.3, -0.25) is 9.59 Å². The molecule has 1 saturated heterocycles. The van der Waals surface area contributed by atoms with Gasteiger partial charge >= 0.3 is 5.97 Å². The highest BCUT2D eigenvalue weighted by molar-refractivity contribution is 6.15. The van der Waals surface area contributed by atoms with Gasteiger partial charge in [0.25, 0.3) is 0 Å². The molecule has 2 radical (unpaired) electrons. The van der Waals surface area contributed by atoms with E-state index in [1.165, 1.54) is 0 Å². The largest absolute Gasteiger partial charge is 0.481 e. The monoisotopic (exact) mass is 197 g/mol. The lowest BCUT2D eigenvalue weighted by molar-refractivity contribution is -0.137. The summed E-state index contributed by atoms with van der Waals surface area (Å²) in [6.45, 7) is 0. The zero-order chi connectivity index (χ0) is 10.7. The number of amides is 1. The first kappa shape index (κ1) is 11.0. The second-order valence-corrected chi connectivity index (χ2v) is 3.43. The van der Waals surface area contributed by atoms with Crippen LogP contribution in [0.2, 0.25) is 0 Å². The van der Waals surface area contributed by atoms with E-state index in [0.29, 0.717) is 12.8 Å². The van der Waals surface area contributed by atoms with Crippen molar-refractivity contribution in [3.05, 3.63) is 0 Å². The van der Waals surface area contributed by atoms with Crippen molar-refractivity contribution in [1.29, 1.82) is 0 Å². The molecule has 76 valence electrons. The minimum absolute atomic E-state index is 0.0330. The van der Waals surface area contributed by atoms with Crippen molar-refractivity contribution in [3.63, 3.8) is 0 Å². The zero-order valence-corrected chi connectivity index (χ0v) is 7.72. The van der Waals surface area contributed by atoms with Crippen LogP contribution in [0.25, 0.3) is 0 Å². The molecule has 0 saturated carbocycles. The molecule has 2 N–H and O–H groups in total. The van der Waals surface area contributed by atoms with E-state index in [1.807, 2.05) is 0 Å². The molecule has 0 spiro atoms. The summed E-state index contributed by atoms with van der Waals surface area (Å²) in [5.74, 6) is -1.18. The number of hydrogen-bond donors (Lipinski definition) is 2. The summed E-state index contributed by atoms with van der Waals surface area (Å²) in [6.07, 6.45) is 0.147. The number of carbonyl (C=O) groups excluding carboxylic acids is 1. The first-order valence-electron chi connectivity index (χ1n) is 4.49. The Morgan fingerprint density at radius 1 is 1.64 bits per heavy atom. The van der Waals surface area contributed by atoms with Crippen molar-refractivity contribution < 1.29 is 19.8 Å². The number of carbonyl (C=O) groups is 2. The summed E-state index contributed by atoms with van der Waals surface area (Å²) in [5.41, 5.74) is 0. The Balaban J connectivity index is 2.36. The Kier molecular flexibility index (Phi) is 3.52. The quantitative estimate of drug-likeness (QED) is 0.583. The highest BCUT2D eigenvalue weighted by atomic mass is 16.4. The standard InChI is InChI=1S/C8H12BNO4/c9-10-5(2-1-3-8(13)14)6(11)4-7(10)12/h5-6,11H,1-4H2,(H,13,14). The highest BCUT2D eigenvalue weighted by Gasteiger charge is 2.34. The summed E-state index contributed by atoms with van der Waals surface area (Å²) in [5, 5.41) is 17.8. The third-order valence-corrected chi connectivity index (χ3v) is 2.36. The first-order chi connectivity index (χ1) is 6.52. The molecule has 6 heteroatoms. The molecule has 0 aromatic heterocycles. The fraction of sp³-hybridized carbons (Fsp3) is 0.750. The number of rotatable bonds is 4. The van der Waals surface area contributed by atoms with Gasteiger partial charge < -0.3 is 15.0 Å².